The second-order valence-corrected chi connectivity index (χ2v) is 8.24. The molecule has 5 rings (SSSR count). The Morgan fingerprint density at radius 1 is 1.23 bits per heavy atom. The van der Waals surface area contributed by atoms with Gasteiger partial charge in [-0.2, -0.15) is 9.97 Å². The maximum absolute atomic E-state index is 11.5. The maximum atomic E-state index is 11.5. The van der Waals surface area contributed by atoms with Gasteiger partial charge in [0.2, 0.25) is 17.7 Å². The molecule has 1 saturated heterocycles. The molecule has 0 bridgehead atoms. The lowest BCUT2D eigenvalue weighted by Crippen LogP contribution is -2.48. The molecular weight excluding hydrogens is 398 g/mol. The molecule has 6 N–H and O–H groups in total. The number of amides is 1. The van der Waals surface area contributed by atoms with Gasteiger partial charge in [-0.25, -0.2) is 0 Å². The summed E-state index contributed by atoms with van der Waals surface area (Å²) in [5, 5.41) is 1.10. The van der Waals surface area contributed by atoms with E-state index in [4.69, 9.17) is 26.7 Å². The number of anilines is 2. The highest BCUT2D eigenvalue weighted by Crippen LogP contribution is 2.38. The number of hydrogen-bond acceptors (Lipinski definition) is 8. The third-order valence-corrected chi connectivity index (χ3v) is 5.85. The van der Waals surface area contributed by atoms with Crippen molar-refractivity contribution in [2.24, 2.45) is 5.73 Å². The van der Waals surface area contributed by atoms with Crippen LogP contribution in [0.2, 0.25) is 0 Å². The third-order valence-electron chi connectivity index (χ3n) is 5.85. The lowest BCUT2D eigenvalue weighted by atomic mass is 9.97. The van der Waals surface area contributed by atoms with Crippen LogP contribution >= 0.6 is 0 Å². The first-order valence-electron chi connectivity index (χ1n) is 10.2. The first kappa shape index (κ1) is 19.6. The molecule has 1 atom stereocenters. The van der Waals surface area contributed by atoms with Gasteiger partial charge in [-0.05, 0) is 11.6 Å². The number of hydrogen-bond donors (Lipinski definition) is 3. The highest BCUT2D eigenvalue weighted by atomic mass is 16.6. The second kappa shape index (κ2) is 7.40. The number of carbonyl (C=O) groups excluding carboxylic acids is 1. The van der Waals surface area contributed by atoms with E-state index in [0.29, 0.717) is 44.4 Å². The number of para-hydroxylation sites is 1. The SMILES string of the molecule is NC(=O)Cn1cc(CN2CCOC[C@]3(Cc4c(N)nc(N)nc4O3)C2)c2ccccc21. The summed E-state index contributed by atoms with van der Waals surface area (Å²) in [5.74, 6) is 0.518. The first-order chi connectivity index (χ1) is 14.9. The Morgan fingerprint density at radius 2 is 2.06 bits per heavy atom. The molecule has 31 heavy (non-hydrogen) atoms. The average molecular weight is 423 g/mol. The molecule has 3 aromatic rings. The fourth-order valence-electron chi connectivity index (χ4n) is 4.59. The smallest absolute Gasteiger partial charge is 0.237 e. The van der Waals surface area contributed by atoms with Crippen LogP contribution in [0.4, 0.5) is 11.8 Å². The number of carbonyl (C=O) groups is 1. The summed E-state index contributed by atoms with van der Waals surface area (Å²) in [6.07, 6.45) is 2.57. The van der Waals surface area contributed by atoms with Crippen molar-refractivity contribution in [1.82, 2.24) is 19.4 Å². The Hall–Kier alpha value is -3.37. The number of ether oxygens (including phenoxy) is 2. The largest absolute Gasteiger partial charge is 0.466 e. The predicted octanol–water partition coefficient (Wildman–Crippen LogP) is 0.287. The van der Waals surface area contributed by atoms with Crippen molar-refractivity contribution in [3.05, 3.63) is 41.6 Å². The van der Waals surface area contributed by atoms with Gasteiger partial charge >= 0.3 is 0 Å². The van der Waals surface area contributed by atoms with Crippen LogP contribution in [0.5, 0.6) is 5.88 Å². The van der Waals surface area contributed by atoms with E-state index in [-0.39, 0.29) is 18.4 Å². The van der Waals surface area contributed by atoms with Gasteiger partial charge in [0.15, 0.2) is 5.60 Å². The van der Waals surface area contributed by atoms with E-state index >= 15 is 0 Å². The summed E-state index contributed by atoms with van der Waals surface area (Å²) in [6.45, 7) is 3.23. The summed E-state index contributed by atoms with van der Waals surface area (Å²) in [6, 6.07) is 8.01. The van der Waals surface area contributed by atoms with E-state index in [9.17, 15) is 4.79 Å². The van der Waals surface area contributed by atoms with Gasteiger partial charge in [0.25, 0.3) is 0 Å². The molecule has 2 aliphatic rings. The molecule has 2 aliphatic heterocycles. The van der Waals surface area contributed by atoms with E-state index in [0.717, 1.165) is 28.6 Å². The quantitative estimate of drug-likeness (QED) is 0.542. The Bertz CT molecular complexity index is 1160. The molecule has 4 heterocycles. The number of nitrogen functional groups attached to an aromatic ring is 2. The van der Waals surface area contributed by atoms with E-state index in [1.54, 1.807) is 0 Å². The van der Waals surface area contributed by atoms with Crippen LogP contribution in [0.25, 0.3) is 10.9 Å². The minimum Gasteiger partial charge on any atom is -0.466 e. The van der Waals surface area contributed by atoms with Gasteiger partial charge in [0, 0.05) is 43.2 Å². The number of aromatic nitrogens is 3. The zero-order valence-corrected chi connectivity index (χ0v) is 17.1. The minimum atomic E-state index is -0.596. The molecule has 0 radical (unpaired) electrons. The summed E-state index contributed by atoms with van der Waals surface area (Å²) >= 11 is 0. The number of rotatable bonds is 4. The van der Waals surface area contributed by atoms with E-state index in [2.05, 4.69) is 20.9 Å². The van der Waals surface area contributed by atoms with Crippen LogP contribution in [0.1, 0.15) is 11.1 Å². The highest BCUT2D eigenvalue weighted by molar-refractivity contribution is 5.85. The van der Waals surface area contributed by atoms with Gasteiger partial charge in [-0.3, -0.25) is 9.69 Å². The molecule has 1 fully saturated rings. The molecule has 1 aromatic carbocycles. The Kier molecular flexibility index (Phi) is 4.67. The molecule has 162 valence electrons. The van der Waals surface area contributed by atoms with Gasteiger partial charge < -0.3 is 31.2 Å². The number of benzene rings is 1. The third kappa shape index (κ3) is 3.64. The molecule has 0 unspecified atom stereocenters. The Morgan fingerprint density at radius 3 is 2.90 bits per heavy atom. The molecular formula is C21H25N7O3. The van der Waals surface area contributed by atoms with E-state index < -0.39 is 5.60 Å². The fraction of sp³-hybridized carbons (Fsp3) is 0.381. The monoisotopic (exact) mass is 423 g/mol. The number of fused-ring (bicyclic) bond motifs is 2. The molecule has 2 aromatic heterocycles. The minimum absolute atomic E-state index is 0.0990. The number of primary amides is 1. The molecule has 10 heteroatoms. The van der Waals surface area contributed by atoms with Crippen LogP contribution in [0.3, 0.4) is 0 Å². The standard InChI is InChI=1S/C21H25N7O3/c22-17(29)10-28-9-13(14-3-1-2-4-16(14)28)8-27-5-6-30-12-21(11-27)7-15-18(23)25-20(24)26-19(15)31-21/h1-4,9H,5-8,10-12H2,(H2,22,29)(H4,23,24,25,26)/t21-/m0/s1. The van der Waals surface area contributed by atoms with Crippen molar-refractivity contribution in [3.63, 3.8) is 0 Å². The van der Waals surface area contributed by atoms with Gasteiger partial charge in [-0.15, -0.1) is 0 Å². The first-order valence-corrected chi connectivity index (χ1v) is 10.2. The van der Waals surface area contributed by atoms with Crippen LogP contribution in [-0.4, -0.2) is 57.2 Å². The van der Waals surface area contributed by atoms with Crippen molar-refractivity contribution < 1.29 is 14.3 Å². The summed E-state index contributed by atoms with van der Waals surface area (Å²) in [7, 11) is 0. The topological polar surface area (TPSA) is 148 Å². The number of nitrogens with zero attached hydrogens (tertiary/aromatic N) is 4. The lowest BCUT2D eigenvalue weighted by molar-refractivity contribution is -0.118. The van der Waals surface area contributed by atoms with Crippen molar-refractivity contribution in [2.45, 2.75) is 25.1 Å². The second-order valence-electron chi connectivity index (χ2n) is 8.24. The van der Waals surface area contributed by atoms with Gasteiger partial charge in [-0.1, -0.05) is 18.2 Å². The Balaban J connectivity index is 1.42. The summed E-state index contributed by atoms with van der Waals surface area (Å²) < 4.78 is 14.0. The molecule has 10 nitrogen and oxygen atoms in total. The number of nitrogens with two attached hydrogens (primary N) is 3. The lowest BCUT2D eigenvalue weighted by Gasteiger charge is -2.30. The van der Waals surface area contributed by atoms with Crippen LogP contribution in [-0.2, 0) is 29.0 Å². The zero-order chi connectivity index (χ0) is 21.6. The van der Waals surface area contributed by atoms with Crippen molar-refractivity contribution in [1.29, 1.82) is 0 Å². The highest BCUT2D eigenvalue weighted by Gasteiger charge is 2.44. The maximum Gasteiger partial charge on any atom is 0.237 e. The molecule has 1 amide bonds. The van der Waals surface area contributed by atoms with Crippen LogP contribution < -0.4 is 21.9 Å². The van der Waals surface area contributed by atoms with Gasteiger partial charge in [0.1, 0.15) is 12.4 Å². The van der Waals surface area contributed by atoms with E-state index in [1.807, 2.05) is 29.0 Å². The van der Waals surface area contributed by atoms with Crippen molar-refractivity contribution >= 4 is 28.6 Å². The molecule has 0 saturated carbocycles. The Labute approximate surface area is 178 Å². The van der Waals surface area contributed by atoms with Gasteiger partial charge in [0.05, 0.1) is 18.8 Å². The molecule has 1 spiro atoms. The predicted molar refractivity (Wildman–Crippen MR) is 115 cm³/mol. The van der Waals surface area contributed by atoms with Crippen LogP contribution in [0, 0.1) is 0 Å². The van der Waals surface area contributed by atoms with Crippen molar-refractivity contribution in [2.75, 3.05) is 37.8 Å². The fourth-order valence-corrected chi connectivity index (χ4v) is 4.59. The zero-order valence-electron chi connectivity index (χ0n) is 17.1. The summed E-state index contributed by atoms with van der Waals surface area (Å²) in [5.41, 5.74) is 19.5. The van der Waals surface area contributed by atoms with E-state index in [1.165, 1.54) is 0 Å². The summed E-state index contributed by atoms with van der Waals surface area (Å²) in [4.78, 5) is 22.1. The van der Waals surface area contributed by atoms with Crippen LogP contribution in [0.15, 0.2) is 30.5 Å². The van der Waals surface area contributed by atoms with Crippen molar-refractivity contribution in [3.8, 4) is 5.88 Å². The molecule has 0 aliphatic carbocycles. The normalized spacial score (nSPS) is 21.2. The average Bonchev–Trinajstić information content (AvgIpc) is 3.16.